The van der Waals surface area contributed by atoms with E-state index in [1.54, 1.807) is 0 Å². The Labute approximate surface area is 71.7 Å². The van der Waals surface area contributed by atoms with E-state index in [4.69, 9.17) is 0 Å². The van der Waals surface area contributed by atoms with Crippen LogP contribution in [0.15, 0.2) is 4.99 Å². The molecular weight excluding hydrogens is 160 g/mol. The molecule has 1 aliphatic heterocycles. The topological polar surface area (TPSA) is 41.5 Å². The second-order valence-corrected chi connectivity index (χ2v) is 3.06. The number of aliphatic imine (C=N–C) groups is 1. The summed E-state index contributed by atoms with van der Waals surface area (Å²) in [5.41, 5.74) is 0.976. The van der Waals surface area contributed by atoms with Crippen LogP contribution in [0.2, 0.25) is 0 Å². The molecule has 0 aromatic heterocycles. The number of thiol groups is 1. The Bertz CT molecular complexity index is 203. The summed E-state index contributed by atoms with van der Waals surface area (Å²) in [5.74, 6) is 0.466. The van der Waals surface area contributed by atoms with Crippen molar-refractivity contribution >= 4 is 24.2 Å². The summed E-state index contributed by atoms with van der Waals surface area (Å²) in [6.45, 7) is 3.84. The van der Waals surface area contributed by atoms with Gasteiger partial charge in [-0.25, -0.2) is 0 Å². The number of hydrogen-bond acceptors (Lipinski definition) is 3. The van der Waals surface area contributed by atoms with E-state index in [2.05, 4.69) is 22.9 Å². The SMILES string of the molecule is CC1=N[C@@H](CS)C(=O)NC1C. The Hall–Kier alpha value is -0.510. The lowest BCUT2D eigenvalue weighted by Gasteiger charge is -2.23. The normalized spacial score (nSPS) is 31.2. The number of nitrogens with one attached hydrogen (secondary N) is 1. The second-order valence-electron chi connectivity index (χ2n) is 2.70. The molecule has 3 nitrogen and oxygen atoms in total. The van der Waals surface area contributed by atoms with Gasteiger partial charge in [0.05, 0.1) is 6.04 Å². The molecule has 2 atom stereocenters. The molecule has 0 radical (unpaired) electrons. The molecule has 0 aromatic carbocycles. The molecule has 1 heterocycles. The van der Waals surface area contributed by atoms with Crippen molar-refractivity contribution in [2.45, 2.75) is 25.9 Å². The average molecular weight is 172 g/mol. The molecule has 0 bridgehead atoms. The van der Waals surface area contributed by atoms with Crippen LogP contribution in [-0.4, -0.2) is 29.5 Å². The first-order chi connectivity index (χ1) is 5.15. The zero-order chi connectivity index (χ0) is 8.43. The molecule has 1 unspecified atom stereocenters. The number of carbonyl (C=O) groups is 1. The van der Waals surface area contributed by atoms with Crippen LogP contribution in [0.4, 0.5) is 0 Å². The van der Waals surface area contributed by atoms with Crippen molar-refractivity contribution in [1.82, 2.24) is 5.32 Å². The van der Waals surface area contributed by atoms with Gasteiger partial charge in [0.25, 0.3) is 0 Å². The predicted molar refractivity (Wildman–Crippen MR) is 48.4 cm³/mol. The molecule has 0 fully saturated rings. The molecule has 1 rings (SSSR count). The lowest BCUT2D eigenvalue weighted by atomic mass is 10.1. The Morgan fingerprint density at radius 3 is 2.91 bits per heavy atom. The third-order valence-electron chi connectivity index (χ3n) is 1.82. The largest absolute Gasteiger partial charge is 0.346 e. The lowest BCUT2D eigenvalue weighted by Crippen LogP contribution is -2.48. The molecule has 0 aromatic rings. The van der Waals surface area contributed by atoms with Gasteiger partial charge >= 0.3 is 0 Å². The first-order valence-electron chi connectivity index (χ1n) is 3.60. The first kappa shape index (κ1) is 8.59. The molecule has 1 aliphatic rings. The summed E-state index contributed by atoms with van der Waals surface area (Å²) in [5, 5.41) is 2.81. The summed E-state index contributed by atoms with van der Waals surface area (Å²) in [6.07, 6.45) is 0. The predicted octanol–water partition coefficient (Wildman–Crippen LogP) is 0.264. The van der Waals surface area contributed by atoms with Crippen LogP contribution in [0, 0.1) is 0 Å². The quantitative estimate of drug-likeness (QED) is 0.547. The van der Waals surface area contributed by atoms with Crippen molar-refractivity contribution in [1.29, 1.82) is 0 Å². The molecule has 0 saturated heterocycles. The summed E-state index contributed by atoms with van der Waals surface area (Å²) in [7, 11) is 0. The van der Waals surface area contributed by atoms with E-state index in [0.29, 0.717) is 5.75 Å². The zero-order valence-corrected chi connectivity index (χ0v) is 7.56. The first-order valence-corrected chi connectivity index (χ1v) is 4.24. The second kappa shape index (κ2) is 3.26. The van der Waals surface area contributed by atoms with E-state index < -0.39 is 0 Å². The van der Waals surface area contributed by atoms with Gasteiger partial charge in [0.1, 0.15) is 6.04 Å². The van der Waals surface area contributed by atoms with Crippen LogP contribution in [0.5, 0.6) is 0 Å². The minimum absolute atomic E-state index is 0.0156. The summed E-state index contributed by atoms with van der Waals surface area (Å²) in [4.78, 5) is 15.3. The van der Waals surface area contributed by atoms with Crippen LogP contribution >= 0.6 is 12.6 Å². The Balaban J connectivity index is 2.77. The van der Waals surface area contributed by atoms with Crippen LogP contribution in [0.25, 0.3) is 0 Å². The minimum atomic E-state index is -0.283. The fourth-order valence-electron chi connectivity index (χ4n) is 0.954. The maximum atomic E-state index is 11.1. The molecule has 1 N–H and O–H groups in total. The molecule has 0 aliphatic carbocycles. The molecule has 62 valence electrons. The van der Waals surface area contributed by atoms with Crippen LogP contribution < -0.4 is 5.32 Å². The number of rotatable bonds is 1. The fourth-order valence-corrected chi connectivity index (χ4v) is 1.20. The van der Waals surface area contributed by atoms with Crippen molar-refractivity contribution in [3.05, 3.63) is 0 Å². The van der Waals surface area contributed by atoms with Gasteiger partial charge in [-0.1, -0.05) is 0 Å². The highest BCUT2D eigenvalue weighted by Gasteiger charge is 2.23. The average Bonchev–Trinajstić information content (AvgIpc) is 1.97. The number of nitrogens with zero attached hydrogens (tertiary/aromatic N) is 1. The standard InChI is InChI=1S/C7H12N2OS/c1-4-5(2)9-7(10)6(3-11)8-4/h5-6,11H,3H2,1-2H3,(H,9,10)/t5?,6-/m0/s1. The Morgan fingerprint density at radius 2 is 2.36 bits per heavy atom. The highest BCUT2D eigenvalue weighted by molar-refractivity contribution is 7.80. The van der Waals surface area contributed by atoms with Gasteiger partial charge in [-0.15, -0.1) is 0 Å². The number of carbonyl (C=O) groups excluding carboxylic acids is 1. The summed E-state index contributed by atoms with van der Waals surface area (Å²) < 4.78 is 0. The van der Waals surface area contributed by atoms with Gasteiger partial charge < -0.3 is 5.32 Å². The summed E-state index contributed by atoms with van der Waals surface area (Å²) >= 11 is 4.03. The van der Waals surface area contributed by atoms with Crippen molar-refractivity contribution in [3.8, 4) is 0 Å². The molecule has 0 saturated carbocycles. The fraction of sp³-hybridized carbons (Fsp3) is 0.714. The van der Waals surface area contributed by atoms with Gasteiger partial charge in [-0.3, -0.25) is 9.79 Å². The van der Waals surface area contributed by atoms with E-state index in [9.17, 15) is 4.79 Å². The van der Waals surface area contributed by atoms with Gasteiger partial charge in [-0.2, -0.15) is 12.6 Å². The van der Waals surface area contributed by atoms with Crippen molar-refractivity contribution in [2.24, 2.45) is 4.99 Å². The van der Waals surface area contributed by atoms with E-state index in [-0.39, 0.29) is 18.0 Å². The molecule has 11 heavy (non-hydrogen) atoms. The molecule has 0 spiro atoms. The van der Waals surface area contributed by atoms with Crippen molar-refractivity contribution in [3.63, 3.8) is 0 Å². The highest BCUT2D eigenvalue weighted by Crippen LogP contribution is 2.04. The van der Waals surface area contributed by atoms with E-state index in [0.717, 1.165) is 5.71 Å². The minimum Gasteiger partial charge on any atom is -0.346 e. The maximum Gasteiger partial charge on any atom is 0.246 e. The lowest BCUT2D eigenvalue weighted by molar-refractivity contribution is -0.122. The van der Waals surface area contributed by atoms with Gasteiger partial charge in [-0.05, 0) is 13.8 Å². The monoisotopic (exact) mass is 172 g/mol. The van der Waals surface area contributed by atoms with Gasteiger partial charge in [0.15, 0.2) is 0 Å². The van der Waals surface area contributed by atoms with Gasteiger partial charge in [0, 0.05) is 11.5 Å². The van der Waals surface area contributed by atoms with Crippen LogP contribution in [0.3, 0.4) is 0 Å². The third-order valence-corrected chi connectivity index (χ3v) is 2.17. The zero-order valence-electron chi connectivity index (χ0n) is 6.66. The summed E-state index contributed by atoms with van der Waals surface area (Å²) in [6, 6.07) is -0.201. The molecular formula is C7H12N2OS. The van der Waals surface area contributed by atoms with Gasteiger partial charge in [0.2, 0.25) is 5.91 Å². The van der Waals surface area contributed by atoms with E-state index >= 15 is 0 Å². The van der Waals surface area contributed by atoms with Crippen LogP contribution in [0.1, 0.15) is 13.8 Å². The maximum absolute atomic E-state index is 11.1. The van der Waals surface area contributed by atoms with E-state index in [1.807, 2.05) is 13.8 Å². The van der Waals surface area contributed by atoms with Crippen molar-refractivity contribution < 1.29 is 4.79 Å². The smallest absolute Gasteiger partial charge is 0.246 e. The number of hydrogen-bond donors (Lipinski definition) is 2. The number of amides is 1. The van der Waals surface area contributed by atoms with E-state index in [1.165, 1.54) is 0 Å². The van der Waals surface area contributed by atoms with Crippen LogP contribution in [-0.2, 0) is 4.79 Å². The molecule has 1 amide bonds. The Morgan fingerprint density at radius 1 is 1.73 bits per heavy atom. The van der Waals surface area contributed by atoms with Crippen molar-refractivity contribution in [2.75, 3.05) is 5.75 Å². The molecule has 4 heteroatoms. The highest BCUT2D eigenvalue weighted by atomic mass is 32.1. The Kier molecular flexibility index (Phi) is 2.54. The third kappa shape index (κ3) is 1.74.